The van der Waals surface area contributed by atoms with E-state index >= 15 is 0 Å². The van der Waals surface area contributed by atoms with Crippen molar-refractivity contribution in [3.05, 3.63) is 28.8 Å². The highest BCUT2D eigenvalue weighted by Crippen LogP contribution is 2.22. The summed E-state index contributed by atoms with van der Waals surface area (Å²) in [6.07, 6.45) is -1.52. The fourth-order valence-electron chi connectivity index (χ4n) is 1.37. The predicted octanol–water partition coefficient (Wildman–Crippen LogP) is 3.28. The van der Waals surface area contributed by atoms with E-state index in [2.05, 4.69) is 5.32 Å². The normalized spacial score (nSPS) is 10.8. The lowest BCUT2D eigenvalue weighted by molar-refractivity contribution is 0.0635. The molecule has 0 atom stereocenters. The molecule has 20 heavy (non-hydrogen) atoms. The first-order chi connectivity index (χ1) is 9.17. The first-order valence-corrected chi connectivity index (χ1v) is 6.26. The highest BCUT2D eigenvalue weighted by atomic mass is 35.5. The van der Waals surface area contributed by atoms with E-state index in [1.54, 1.807) is 39.0 Å². The molecule has 3 N–H and O–H groups in total. The topological polar surface area (TPSA) is 90.7 Å². The number of ether oxygens (including phenoxy) is 2. The fraction of sp³-hybridized carbons (Fsp3) is 0.385. The van der Waals surface area contributed by atoms with Crippen molar-refractivity contribution >= 4 is 29.5 Å². The lowest BCUT2D eigenvalue weighted by Crippen LogP contribution is -2.27. The second kappa shape index (κ2) is 6.47. The van der Waals surface area contributed by atoms with E-state index in [4.69, 9.17) is 26.8 Å². The summed E-state index contributed by atoms with van der Waals surface area (Å²) in [6, 6.07) is 4.76. The molecule has 110 valence electrons. The van der Waals surface area contributed by atoms with Crippen LogP contribution in [0.15, 0.2) is 18.2 Å². The van der Waals surface area contributed by atoms with Gasteiger partial charge in [0.05, 0.1) is 5.69 Å². The Bertz CT molecular complexity index is 512. The van der Waals surface area contributed by atoms with Crippen LogP contribution in [0.4, 0.5) is 15.3 Å². The van der Waals surface area contributed by atoms with Crippen molar-refractivity contribution in [3.63, 3.8) is 0 Å². The molecule has 0 aromatic heterocycles. The zero-order valence-electron chi connectivity index (χ0n) is 11.5. The second-order valence-electron chi connectivity index (χ2n) is 5.04. The quantitative estimate of drug-likeness (QED) is 0.896. The molecule has 1 rings (SSSR count). The van der Waals surface area contributed by atoms with Crippen molar-refractivity contribution in [2.24, 2.45) is 5.73 Å². The van der Waals surface area contributed by atoms with Gasteiger partial charge < -0.3 is 15.2 Å². The first-order valence-electron chi connectivity index (χ1n) is 5.88. The third-order valence-corrected chi connectivity index (χ3v) is 2.31. The van der Waals surface area contributed by atoms with E-state index in [-0.39, 0.29) is 6.61 Å². The van der Waals surface area contributed by atoms with Gasteiger partial charge in [0.2, 0.25) is 0 Å². The van der Waals surface area contributed by atoms with Gasteiger partial charge in [-0.2, -0.15) is 0 Å². The highest BCUT2D eigenvalue weighted by molar-refractivity contribution is 6.30. The number of hydrogen-bond donors (Lipinski definition) is 2. The second-order valence-corrected chi connectivity index (χ2v) is 5.47. The van der Waals surface area contributed by atoms with Gasteiger partial charge in [-0.25, -0.2) is 9.59 Å². The third kappa shape index (κ3) is 5.79. The smallest absolute Gasteiger partial charge is 0.412 e. The van der Waals surface area contributed by atoms with Crippen LogP contribution in [-0.2, 0) is 16.1 Å². The van der Waals surface area contributed by atoms with Gasteiger partial charge in [-0.05, 0) is 39.0 Å². The van der Waals surface area contributed by atoms with Crippen LogP contribution >= 0.6 is 11.6 Å². The van der Waals surface area contributed by atoms with Crippen LogP contribution in [0, 0.1) is 0 Å². The van der Waals surface area contributed by atoms with Crippen molar-refractivity contribution in [1.29, 1.82) is 0 Å². The van der Waals surface area contributed by atoms with Gasteiger partial charge >= 0.3 is 12.2 Å². The number of nitrogens with one attached hydrogen (secondary N) is 1. The van der Waals surface area contributed by atoms with Crippen molar-refractivity contribution in [3.8, 4) is 0 Å². The van der Waals surface area contributed by atoms with Gasteiger partial charge in [-0.3, -0.25) is 5.32 Å². The molecule has 0 unspecified atom stereocenters. The summed E-state index contributed by atoms with van der Waals surface area (Å²) in [4.78, 5) is 22.3. The fourth-order valence-corrected chi connectivity index (χ4v) is 1.56. The third-order valence-electron chi connectivity index (χ3n) is 2.07. The number of amides is 2. The molecule has 2 amide bonds. The van der Waals surface area contributed by atoms with Crippen molar-refractivity contribution < 1.29 is 19.1 Å². The number of carbonyl (C=O) groups excluding carboxylic acids is 2. The first kappa shape index (κ1) is 16.1. The molecule has 0 spiro atoms. The Morgan fingerprint density at radius 2 is 2.00 bits per heavy atom. The molecule has 0 saturated heterocycles. The average molecular weight is 301 g/mol. The maximum absolute atomic E-state index is 11.7. The largest absolute Gasteiger partial charge is 0.445 e. The molecule has 0 radical (unpaired) electrons. The van der Waals surface area contributed by atoms with Crippen LogP contribution in [0.1, 0.15) is 26.3 Å². The average Bonchev–Trinajstić information content (AvgIpc) is 2.26. The number of halogens is 1. The van der Waals surface area contributed by atoms with Gasteiger partial charge in [-0.1, -0.05) is 11.6 Å². The lowest BCUT2D eigenvalue weighted by atomic mass is 10.2. The molecule has 6 nitrogen and oxygen atoms in total. The molecule has 1 aromatic carbocycles. The summed E-state index contributed by atoms with van der Waals surface area (Å²) >= 11 is 5.86. The van der Waals surface area contributed by atoms with Crippen LogP contribution < -0.4 is 11.1 Å². The highest BCUT2D eigenvalue weighted by Gasteiger charge is 2.17. The zero-order valence-corrected chi connectivity index (χ0v) is 12.3. The lowest BCUT2D eigenvalue weighted by Gasteiger charge is -2.20. The van der Waals surface area contributed by atoms with Crippen molar-refractivity contribution in [1.82, 2.24) is 0 Å². The summed E-state index contributed by atoms with van der Waals surface area (Å²) in [5, 5.41) is 3.01. The molecule has 0 aliphatic heterocycles. The molecule has 0 saturated carbocycles. The molecule has 0 aliphatic rings. The Kier molecular flexibility index (Phi) is 5.21. The van der Waals surface area contributed by atoms with Gasteiger partial charge in [0, 0.05) is 10.6 Å². The van der Waals surface area contributed by atoms with Gasteiger partial charge in [0.25, 0.3) is 0 Å². The van der Waals surface area contributed by atoms with Gasteiger partial charge in [-0.15, -0.1) is 0 Å². The van der Waals surface area contributed by atoms with E-state index in [1.807, 2.05) is 0 Å². The maximum atomic E-state index is 11.7. The van der Waals surface area contributed by atoms with E-state index in [1.165, 1.54) is 0 Å². The van der Waals surface area contributed by atoms with E-state index in [0.29, 0.717) is 16.3 Å². The Balaban J connectivity index is 2.83. The van der Waals surface area contributed by atoms with Crippen LogP contribution in [0.2, 0.25) is 5.02 Å². The van der Waals surface area contributed by atoms with Crippen LogP contribution in [0.25, 0.3) is 0 Å². The Hall–Kier alpha value is -1.95. The van der Waals surface area contributed by atoms with E-state index in [9.17, 15) is 9.59 Å². The number of benzene rings is 1. The number of anilines is 1. The van der Waals surface area contributed by atoms with Crippen molar-refractivity contribution in [2.75, 3.05) is 5.32 Å². The van der Waals surface area contributed by atoms with Crippen LogP contribution in [-0.4, -0.2) is 17.8 Å². The van der Waals surface area contributed by atoms with Crippen LogP contribution in [0.5, 0.6) is 0 Å². The Morgan fingerprint density at radius 3 is 2.55 bits per heavy atom. The molecule has 0 fully saturated rings. The molecule has 0 heterocycles. The molecule has 1 aromatic rings. The Labute approximate surface area is 122 Å². The number of rotatable bonds is 3. The predicted molar refractivity (Wildman–Crippen MR) is 75.7 cm³/mol. The maximum Gasteiger partial charge on any atom is 0.412 e. The minimum Gasteiger partial charge on any atom is -0.445 e. The van der Waals surface area contributed by atoms with Gasteiger partial charge in [0.1, 0.15) is 12.2 Å². The minimum atomic E-state index is -0.909. The molecule has 7 heteroatoms. The number of primary amides is 1. The summed E-state index contributed by atoms with van der Waals surface area (Å²) < 4.78 is 9.83. The minimum absolute atomic E-state index is 0.0962. The van der Waals surface area contributed by atoms with E-state index < -0.39 is 17.8 Å². The summed E-state index contributed by atoms with van der Waals surface area (Å²) in [7, 11) is 0. The molecular formula is C13H17ClN2O4. The summed E-state index contributed by atoms with van der Waals surface area (Å²) in [5.41, 5.74) is 5.25. The zero-order chi connectivity index (χ0) is 15.3. The van der Waals surface area contributed by atoms with Crippen molar-refractivity contribution in [2.45, 2.75) is 33.0 Å². The monoisotopic (exact) mass is 300 g/mol. The number of nitrogens with two attached hydrogens (primary N) is 1. The summed E-state index contributed by atoms with van der Waals surface area (Å²) in [5.74, 6) is 0. The molecule has 0 aliphatic carbocycles. The standard InChI is InChI=1S/C13H17ClN2O4/c1-13(2,3)20-12(18)16-10-5-4-9(14)6-8(10)7-19-11(15)17/h4-6H,7H2,1-3H3,(H2,15,17)(H,16,18). The summed E-state index contributed by atoms with van der Waals surface area (Å²) in [6.45, 7) is 5.17. The van der Waals surface area contributed by atoms with Gasteiger partial charge in [0.15, 0.2) is 0 Å². The number of hydrogen-bond acceptors (Lipinski definition) is 4. The molecule has 0 bridgehead atoms. The number of carbonyl (C=O) groups is 2. The molecular weight excluding hydrogens is 284 g/mol. The Morgan fingerprint density at radius 1 is 1.35 bits per heavy atom. The SMILES string of the molecule is CC(C)(C)OC(=O)Nc1ccc(Cl)cc1COC(N)=O. The van der Waals surface area contributed by atoms with E-state index in [0.717, 1.165) is 0 Å². The van der Waals surface area contributed by atoms with Crippen LogP contribution in [0.3, 0.4) is 0 Å².